The van der Waals surface area contributed by atoms with Crippen molar-refractivity contribution < 1.29 is 9.50 Å². The Morgan fingerprint density at radius 1 is 1.58 bits per heavy atom. The van der Waals surface area contributed by atoms with E-state index in [1.807, 2.05) is 22.6 Å². The summed E-state index contributed by atoms with van der Waals surface area (Å²) in [4.78, 5) is 0. The van der Waals surface area contributed by atoms with Gasteiger partial charge in [-0.05, 0) is 46.4 Å². The highest BCUT2D eigenvalue weighted by Gasteiger charge is 2.10. The van der Waals surface area contributed by atoms with Crippen molar-refractivity contribution in [3.8, 4) is 0 Å². The molecule has 0 amide bonds. The average Bonchev–Trinajstić information content (AvgIpc) is 2.08. The molecule has 1 aromatic carbocycles. The lowest BCUT2D eigenvalue weighted by atomic mass is 10.1. The van der Waals surface area contributed by atoms with E-state index < -0.39 is 6.10 Å². The molecule has 0 aliphatic rings. The molecule has 1 rings (SSSR count). The molecule has 1 nitrogen and oxygen atoms in total. The molecule has 0 fully saturated rings. The third-order valence-corrected chi connectivity index (χ3v) is 2.74. The molecule has 0 spiro atoms. The minimum atomic E-state index is -0.783. The second-order valence-electron chi connectivity index (χ2n) is 2.34. The highest BCUT2D eigenvalue weighted by atomic mass is 127. The van der Waals surface area contributed by atoms with Crippen molar-refractivity contribution >= 4 is 34.2 Å². The van der Waals surface area contributed by atoms with Gasteiger partial charge >= 0.3 is 0 Å². The van der Waals surface area contributed by atoms with Gasteiger partial charge in [0.05, 0.1) is 12.0 Å². The zero-order valence-corrected chi connectivity index (χ0v) is 9.01. The quantitative estimate of drug-likeness (QED) is 0.658. The van der Waals surface area contributed by atoms with Crippen LogP contribution >= 0.6 is 34.2 Å². The third kappa shape index (κ3) is 2.31. The van der Waals surface area contributed by atoms with E-state index in [0.29, 0.717) is 5.56 Å². The topological polar surface area (TPSA) is 20.2 Å². The lowest BCUT2D eigenvalue weighted by Crippen LogP contribution is -2.01. The molecular weight excluding hydrogens is 293 g/mol. The molecule has 4 heteroatoms. The first-order valence-corrected chi connectivity index (χ1v) is 4.95. The summed E-state index contributed by atoms with van der Waals surface area (Å²) in [5.41, 5.74) is 0.547. The van der Waals surface area contributed by atoms with Crippen LogP contribution in [0.1, 0.15) is 11.7 Å². The van der Waals surface area contributed by atoms with Crippen LogP contribution in [0.25, 0.3) is 0 Å². The largest absolute Gasteiger partial charge is 0.387 e. The van der Waals surface area contributed by atoms with Gasteiger partial charge in [-0.3, -0.25) is 0 Å². The summed E-state index contributed by atoms with van der Waals surface area (Å²) in [5, 5.41) is 9.33. The molecule has 0 radical (unpaired) electrons. The van der Waals surface area contributed by atoms with E-state index in [0.717, 1.165) is 3.57 Å². The highest BCUT2D eigenvalue weighted by Crippen LogP contribution is 2.21. The van der Waals surface area contributed by atoms with Crippen LogP contribution in [0.3, 0.4) is 0 Å². The number of benzene rings is 1. The monoisotopic (exact) mass is 300 g/mol. The van der Waals surface area contributed by atoms with Gasteiger partial charge < -0.3 is 5.11 Å². The summed E-state index contributed by atoms with van der Waals surface area (Å²) in [6, 6.07) is 4.27. The van der Waals surface area contributed by atoms with Gasteiger partial charge in [0, 0.05) is 3.57 Å². The average molecular weight is 300 g/mol. The molecule has 1 aromatic rings. The number of hydrogen-bond acceptors (Lipinski definition) is 1. The smallest absolute Gasteiger partial charge is 0.123 e. The number of aliphatic hydroxyl groups excluding tert-OH is 1. The lowest BCUT2D eigenvalue weighted by Gasteiger charge is -2.08. The summed E-state index contributed by atoms with van der Waals surface area (Å²) < 4.78 is 13.5. The molecule has 0 aliphatic heterocycles. The van der Waals surface area contributed by atoms with Gasteiger partial charge in [0.15, 0.2) is 0 Å². The Kier molecular flexibility index (Phi) is 3.74. The summed E-state index contributed by atoms with van der Waals surface area (Å²) in [5.74, 6) is -0.269. The Morgan fingerprint density at radius 2 is 2.25 bits per heavy atom. The first-order valence-electron chi connectivity index (χ1n) is 3.34. The zero-order chi connectivity index (χ0) is 9.14. The first kappa shape index (κ1) is 10.2. The van der Waals surface area contributed by atoms with Crippen LogP contribution in [-0.2, 0) is 0 Å². The van der Waals surface area contributed by atoms with Crippen molar-refractivity contribution in [2.45, 2.75) is 6.10 Å². The van der Waals surface area contributed by atoms with Crippen molar-refractivity contribution in [3.63, 3.8) is 0 Å². The molecule has 0 saturated heterocycles. The molecule has 66 valence electrons. The zero-order valence-electron chi connectivity index (χ0n) is 6.10. The standard InChI is InChI=1S/C8H7ClFIO/c9-4-8(12)6-3-5(10)1-2-7(6)11/h1-3,8,12H,4H2/t8-/m0/s1. The first-order chi connectivity index (χ1) is 5.65. The molecule has 0 aromatic heterocycles. The number of alkyl halides is 1. The minimum Gasteiger partial charge on any atom is -0.387 e. The van der Waals surface area contributed by atoms with E-state index in [1.54, 1.807) is 6.07 Å². The molecule has 0 aliphatic carbocycles. The molecule has 12 heavy (non-hydrogen) atoms. The van der Waals surface area contributed by atoms with E-state index in [9.17, 15) is 9.50 Å². The highest BCUT2D eigenvalue weighted by molar-refractivity contribution is 14.1. The van der Waals surface area contributed by atoms with E-state index in [4.69, 9.17) is 11.6 Å². The Labute approximate surface area is 88.7 Å². The van der Waals surface area contributed by atoms with Crippen LogP contribution in [0.5, 0.6) is 0 Å². The Balaban J connectivity index is 3.04. The van der Waals surface area contributed by atoms with Crippen molar-refractivity contribution in [1.82, 2.24) is 0 Å². The lowest BCUT2D eigenvalue weighted by molar-refractivity contribution is 0.201. The molecular formula is C8H7ClFIO. The number of rotatable bonds is 2. The van der Waals surface area contributed by atoms with Crippen molar-refractivity contribution in [2.75, 3.05) is 5.88 Å². The minimum absolute atomic E-state index is 0.0828. The van der Waals surface area contributed by atoms with E-state index in [-0.39, 0.29) is 11.7 Å². The molecule has 1 atom stereocenters. The van der Waals surface area contributed by atoms with E-state index in [1.165, 1.54) is 12.1 Å². The molecule has 0 saturated carbocycles. The van der Waals surface area contributed by atoms with E-state index in [2.05, 4.69) is 0 Å². The third-order valence-electron chi connectivity index (χ3n) is 1.46. The van der Waals surface area contributed by atoms with Crippen LogP contribution in [0.15, 0.2) is 18.2 Å². The van der Waals surface area contributed by atoms with Crippen molar-refractivity contribution in [3.05, 3.63) is 33.1 Å². The van der Waals surface area contributed by atoms with Gasteiger partial charge in [-0.2, -0.15) is 0 Å². The van der Waals surface area contributed by atoms with Gasteiger partial charge in [0.1, 0.15) is 5.82 Å². The summed E-state index contributed by atoms with van der Waals surface area (Å²) in [6.45, 7) is 0. The van der Waals surface area contributed by atoms with Gasteiger partial charge in [-0.15, -0.1) is 11.6 Å². The maximum atomic E-state index is 12.7. The van der Waals surface area contributed by atoms with Crippen molar-refractivity contribution in [2.24, 2.45) is 0 Å². The van der Waals surface area contributed by atoms with Gasteiger partial charge in [0.2, 0.25) is 0 Å². The predicted octanol–water partition coefficient (Wildman–Crippen LogP) is 2.70. The predicted molar refractivity (Wildman–Crippen MR) is 54.8 cm³/mol. The molecule has 0 bridgehead atoms. The number of hydrogen-bond donors (Lipinski definition) is 1. The Hall–Kier alpha value is 0.130. The normalized spacial score (nSPS) is 13.0. The summed E-state index contributed by atoms with van der Waals surface area (Å²) >= 11 is 7.47. The van der Waals surface area contributed by atoms with Crippen LogP contribution in [0.2, 0.25) is 0 Å². The maximum Gasteiger partial charge on any atom is 0.123 e. The number of aliphatic hydroxyl groups is 1. The van der Waals surface area contributed by atoms with E-state index >= 15 is 0 Å². The number of halogens is 3. The summed E-state index contributed by atoms with van der Waals surface area (Å²) in [7, 11) is 0. The maximum absolute atomic E-state index is 12.7. The van der Waals surface area contributed by atoms with Crippen LogP contribution in [0.4, 0.5) is 4.39 Å². The van der Waals surface area contributed by atoms with Gasteiger partial charge in [0.25, 0.3) is 0 Å². The fourth-order valence-corrected chi connectivity index (χ4v) is 1.71. The van der Waals surface area contributed by atoms with Crippen molar-refractivity contribution in [1.29, 1.82) is 0 Å². The fourth-order valence-electron chi connectivity index (χ4n) is 0.853. The van der Waals surface area contributed by atoms with Crippen LogP contribution < -0.4 is 0 Å². The van der Waals surface area contributed by atoms with Gasteiger partial charge in [-0.1, -0.05) is 0 Å². The molecule has 1 N–H and O–H groups in total. The Morgan fingerprint density at radius 3 is 2.83 bits per heavy atom. The fraction of sp³-hybridized carbons (Fsp3) is 0.250. The SMILES string of the molecule is O[C@@H](CCl)c1cc(F)ccc1I. The second-order valence-corrected chi connectivity index (χ2v) is 3.81. The van der Waals surface area contributed by atoms with Crippen LogP contribution in [0, 0.1) is 9.39 Å². The van der Waals surface area contributed by atoms with Crippen LogP contribution in [-0.4, -0.2) is 11.0 Å². The summed E-state index contributed by atoms with van der Waals surface area (Å²) in [6.07, 6.45) is -0.783. The second kappa shape index (κ2) is 4.39. The molecule has 0 heterocycles. The molecule has 0 unspecified atom stereocenters. The Bertz CT molecular complexity index is 280. The van der Waals surface area contributed by atoms with Gasteiger partial charge in [-0.25, -0.2) is 4.39 Å².